The molecule has 0 aliphatic rings. The van der Waals surface area contributed by atoms with E-state index in [0.29, 0.717) is 25.9 Å². The van der Waals surface area contributed by atoms with Gasteiger partial charge < -0.3 is 19.4 Å². The fourth-order valence-electron chi connectivity index (χ4n) is 3.90. The van der Waals surface area contributed by atoms with E-state index in [9.17, 15) is 9.59 Å². The van der Waals surface area contributed by atoms with Gasteiger partial charge in [0.05, 0.1) is 13.5 Å². The van der Waals surface area contributed by atoms with Crippen LogP contribution in [0.15, 0.2) is 42.7 Å². The number of hydrogen-bond acceptors (Lipinski definition) is 5. The van der Waals surface area contributed by atoms with Crippen molar-refractivity contribution in [2.75, 3.05) is 13.7 Å². The minimum Gasteiger partial charge on any atom is -0.469 e. The summed E-state index contributed by atoms with van der Waals surface area (Å²) >= 11 is 0. The lowest BCUT2D eigenvalue weighted by Crippen LogP contribution is -2.33. The number of ether oxygens (including phenoxy) is 2. The van der Waals surface area contributed by atoms with Crippen LogP contribution in [0.3, 0.4) is 0 Å². The Morgan fingerprint density at radius 2 is 1.94 bits per heavy atom. The number of hydrogen-bond donors (Lipinski definition) is 1. The number of aromatic nitrogens is 2. The van der Waals surface area contributed by atoms with Crippen molar-refractivity contribution in [1.29, 1.82) is 0 Å². The number of benzene rings is 1. The highest BCUT2D eigenvalue weighted by Crippen LogP contribution is 2.29. The van der Waals surface area contributed by atoms with Gasteiger partial charge in [0.15, 0.2) is 0 Å². The topological polar surface area (TPSA) is 82.5 Å². The lowest BCUT2D eigenvalue weighted by molar-refractivity contribution is -0.140. The maximum absolute atomic E-state index is 11.9. The minimum atomic E-state index is -0.519. The Hall–Kier alpha value is -3.35. The molecular formula is C26H33N3O4. The highest BCUT2D eigenvalue weighted by atomic mass is 16.6. The normalized spacial score (nSPS) is 11.4. The molecule has 0 saturated heterocycles. The van der Waals surface area contributed by atoms with Crippen LogP contribution in [-0.2, 0) is 33.7 Å². The number of aryl methyl sites for hydroxylation is 1. The molecule has 0 saturated carbocycles. The lowest BCUT2D eigenvalue weighted by atomic mass is 10.0. The summed E-state index contributed by atoms with van der Waals surface area (Å²) in [6.07, 6.45) is 4.99. The van der Waals surface area contributed by atoms with E-state index in [-0.39, 0.29) is 5.97 Å². The van der Waals surface area contributed by atoms with Gasteiger partial charge in [0.1, 0.15) is 5.60 Å². The zero-order valence-corrected chi connectivity index (χ0v) is 20.1. The molecule has 0 aliphatic heterocycles. The van der Waals surface area contributed by atoms with Gasteiger partial charge in [-0.15, -0.1) is 0 Å². The first-order valence-electron chi connectivity index (χ1n) is 11.2. The van der Waals surface area contributed by atoms with Gasteiger partial charge in [-0.3, -0.25) is 9.78 Å². The summed E-state index contributed by atoms with van der Waals surface area (Å²) in [4.78, 5) is 27.9. The predicted octanol–water partition coefficient (Wildman–Crippen LogP) is 4.57. The van der Waals surface area contributed by atoms with Crippen molar-refractivity contribution in [3.63, 3.8) is 0 Å². The van der Waals surface area contributed by atoms with Crippen LogP contribution in [0, 0.1) is 6.92 Å². The first-order valence-corrected chi connectivity index (χ1v) is 11.2. The second-order valence-corrected chi connectivity index (χ2v) is 9.11. The molecule has 1 aromatic carbocycles. The third-order valence-electron chi connectivity index (χ3n) is 5.47. The van der Waals surface area contributed by atoms with E-state index < -0.39 is 11.7 Å². The van der Waals surface area contributed by atoms with Gasteiger partial charge in [0.25, 0.3) is 0 Å². The van der Waals surface area contributed by atoms with E-state index in [1.54, 1.807) is 6.20 Å². The third-order valence-corrected chi connectivity index (χ3v) is 5.47. The van der Waals surface area contributed by atoms with Crippen molar-refractivity contribution in [3.8, 4) is 0 Å². The van der Waals surface area contributed by atoms with E-state index in [0.717, 1.165) is 34.1 Å². The van der Waals surface area contributed by atoms with Crippen LogP contribution in [0.1, 0.15) is 49.6 Å². The zero-order chi connectivity index (χ0) is 24.0. The Morgan fingerprint density at radius 1 is 1.15 bits per heavy atom. The van der Waals surface area contributed by atoms with Crippen LogP contribution in [0.5, 0.6) is 0 Å². The summed E-state index contributed by atoms with van der Waals surface area (Å²) in [5.74, 6) is -0.227. The second kappa shape index (κ2) is 10.5. The molecule has 0 spiro atoms. The molecule has 1 N–H and O–H groups in total. The fraction of sp³-hybridized carbons (Fsp3) is 0.423. The summed E-state index contributed by atoms with van der Waals surface area (Å²) in [5, 5.41) is 3.97. The molecular weight excluding hydrogens is 418 g/mol. The molecule has 3 aromatic rings. The number of carbonyl (C=O) groups is 2. The summed E-state index contributed by atoms with van der Waals surface area (Å²) in [5.41, 5.74) is 5.15. The number of carbonyl (C=O) groups excluding carboxylic acids is 2. The molecule has 7 heteroatoms. The van der Waals surface area contributed by atoms with Crippen molar-refractivity contribution < 1.29 is 19.1 Å². The standard InChI is InChI=1S/C26H33N3O4/c1-18-21(16-20-7-6-12-27-17-20)22-15-19(10-13-28-25(31)33-26(2,3)4)8-9-23(22)29(18)14-11-24(30)32-5/h6-9,12,15,17H,10-11,13-14,16H2,1-5H3,(H,28,31). The molecule has 0 unspecified atom stereocenters. The van der Waals surface area contributed by atoms with Crippen LogP contribution in [0.4, 0.5) is 4.79 Å². The van der Waals surface area contributed by atoms with Crippen LogP contribution in [-0.4, -0.2) is 40.9 Å². The van der Waals surface area contributed by atoms with E-state index in [1.165, 1.54) is 12.7 Å². The Morgan fingerprint density at radius 3 is 2.61 bits per heavy atom. The number of nitrogens with zero attached hydrogens (tertiary/aromatic N) is 2. The Labute approximate surface area is 195 Å². The molecule has 0 bridgehead atoms. The minimum absolute atomic E-state index is 0.227. The van der Waals surface area contributed by atoms with Crippen molar-refractivity contribution in [2.45, 2.75) is 59.1 Å². The Balaban J connectivity index is 1.85. The van der Waals surface area contributed by atoms with E-state index in [1.807, 2.05) is 33.0 Å². The number of esters is 1. The molecule has 176 valence electrons. The van der Waals surface area contributed by atoms with Crippen molar-refractivity contribution >= 4 is 23.0 Å². The molecule has 7 nitrogen and oxygen atoms in total. The molecule has 0 atom stereocenters. The number of pyridine rings is 1. The highest BCUT2D eigenvalue weighted by molar-refractivity contribution is 5.87. The molecule has 0 fully saturated rings. The smallest absolute Gasteiger partial charge is 0.407 e. The molecule has 0 aliphatic carbocycles. The predicted molar refractivity (Wildman–Crippen MR) is 128 cm³/mol. The first-order chi connectivity index (χ1) is 15.7. The summed E-state index contributed by atoms with van der Waals surface area (Å²) in [6, 6.07) is 10.4. The molecule has 3 rings (SSSR count). The third kappa shape index (κ3) is 6.57. The van der Waals surface area contributed by atoms with Gasteiger partial charge in [-0.05, 0) is 69.0 Å². The lowest BCUT2D eigenvalue weighted by Gasteiger charge is -2.19. The Kier molecular flexibility index (Phi) is 7.74. The maximum Gasteiger partial charge on any atom is 0.407 e. The quantitative estimate of drug-likeness (QED) is 0.508. The van der Waals surface area contributed by atoms with Crippen molar-refractivity contribution in [2.24, 2.45) is 0 Å². The van der Waals surface area contributed by atoms with Crippen molar-refractivity contribution in [1.82, 2.24) is 14.9 Å². The molecule has 33 heavy (non-hydrogen) atoms. The molecule has 0 radical (unpaired) electrons. The van der Waals surface area contributed by atoms with E-state index >= 15 is 0 Å². The van der Waals surface area contributed by atoms with E-state index in [4.69, 9.17) is 9.47 Å². The zero-order valence-electron chi connectivity index (χ0n) is 20.1. The molecule has 2 heterocycles. The largest absolute Gasteiger partial charge is 0.469 e. The average Bonchev–Trinajstić information content (AvgIpc) is 3.02. The van der Waals surface area contributed by atoms with Crippen LogP contribution < -0.4 is 5.32 Å². The number of rotatable bonds is 8. The fourth-order valence-corrected chi connectivity index (χ4v) is 3.90. The van der Waals surface area contributed by atoms with Gasteiger partial charge in [-0.1, -0.05) is 12.1 Å². The monoisotopic (exact) mass is 451 g/mol. The Bertz CT molecular complexity index is 1110. The number of nitrogens with one attached hydrogen (secondary N) is 1. The van der Waals surface area contributed by atoms with Gasteiger partial charge >= 0.3 is 12.1 Å². The number of alkyl carbamates (subject to hydrolysis) is 1. The number of fused-ring (bicyclic) bond motifs is 1. The van der Waals surface area contributed by atoms with E-state index in [2.05, 4.69) is 46.1 Å². The summed E-state index contributed by atoms with van der Waals surface area (Å²) < 4.78 is 12.3. The maximum atomic E-state index is 11.9. The van der Waals surface area contributed by atoms with Crippen molar-refractivity contribution in [3.05, 3.63) is 65.1 Å². The summed E-state index contributed by atoms with van der Waals surface area (Å²) in [7, 11) is 1.41. The molecule has 2 aromatic heterocycles. The van der Waals surface area contributed by atoms with Crippen LogP contribution in [0.2, 0.25) is 0 Å². The van der Waals surface area contributed by atoms with Gasteiger partial charge in [0.2, 0.25) is 0 Å². The second-order valence-electron chi connectivity index (χ2n) is 9.11. The molecule has 1 amide bonds. The van der Waals surface area contributed by atoms with Gasteiger partial charge in [0, 0.05) is 48.5 Å². The first kappa shape index (κ1) is 24.3. The van der Waals surface area contributed by atoms with Gasteiger partial charge in [-0.25, -0.2) is 4.79 Å². The van der Waals surface area contributed by atoms with Crippen LogP contribution >= 0.6 is 0 Å². The van der Waals surface area contributed by atoms with Crippen LogP contribution in [0.25, 0.3) is 10.9 Å². The number of methoxy groups -OCH3 is 1. The summed E-state index contributed by atoms with van der Waals surface area (Å²) in [6.45, 7) is 8.67. The van der Waals surface area contributed by atoms with Gasteiger partial charge in [-0.2, -0.15) is 0 Å². The number of amides is 1. The average molecular weight is 452 g/mol. The highest BCUT2D eigenvalue weighted by Gasteiger charge is 2.17. The SMILES string of the molecule is COC(=O)CCn1c(C)c(Cc2cccnc2)c2cc(CCNC(=O)OC(C)(C)C)ccc21.